The molecular weight excluding hydrogens is 268 g/mol. The number of benzene rings is 1. The topological polar surface area (TPSA) is 18.5 Å². The minimum atomic E-state index is 0.836. The van der Waals surface area contributed by atoms with Crippen molar-refractivity contribution in [2.75, 3.05) is 14.2 Å². The van der Waals surface area contributed by atoms with E-state index in [1.807, 2.05) is 6.92 Å². The Labute approximate surface area is 106 Å². The van der Waals surface area contributed by atoms with Gasteiger partial charge in [-0.25, -0.2) is 0 Å². The molecule has 1 rings (SSSR count). The summed E-state index contributed by atoms with van der Waals surface area (Å²) in [5.41, 5.74) is 2.29. The summed E-state index contributed by atoms with van der Waals surface area (Å²) in [6.07, 6.45) is 3.36. The lowest BCUT2D eigenvalue weighted by molar-refractivity contribution is 0.349. The second kappa shape index (κ2) is 6.14. The number of unbranched alkanes of at least 4 members (excludes halogenated alkanes) is 1. The minimum Gasteiger partial charge on any atom is -0.493 e. The highest BCUT2D eigenvalue weighted by Gasteiger charge is 2.15. The summed E-state index contributed by atoms with van der Waals surface area (Å²) in [4.78, 5) is 0. The van der Waals surface area contributed by atoms with Crippen LogP contribution in [0, 0.1) is 6.92 Å². The highest BCUT2D eigenvalue weighted by molar-refractivity contribution is 9.10. The van der Waals surface area contributed by atoms with Gasteiger partial charge in [-0.2, -0.15) is 0 Å². The van der Waals surface area contributed by atoms with Crippen LogP contribution >= 0.6 is 15.9 Å². The van der Waals surface area contributed by atoms with E-state index in [4.69, 9.17) is 9.47 Å². The largest absolute Gasteiger partial charge is 0.493 e. The first kappa shape index (κ1) is 13.4. The molecule has 0 fully saturated rings. The van der Waals surface area contributed by atoms with Gasteiger partial charge in [0.15, 0.2) is 11.5 Å². The maximum Gasteiger partial charge on any atom is 0.165 e. The fourth-order valence-electron chi connectivity index (χ4n) is 1.77. The molecule has 0 atom stereocenters. The molecule has 90 valence electrons. The van der Waals surface area contributed by atoms with E-state index in [2.05, 4.69) is 28.9 Å². The van der Waals surface area contributed by atoms with Gasteiger partial charge in [-0.3, -0.25) is 0 Å². The van der Waals surface area contributed by atoms with E-state index < -0.39 is 0 Å². The minimum absolute atomic E-state index is 0.836. The van der Waals surface area contributed by atoms with Crippen molar-refractivity contribution in [1.82, 2.24) is 0 Å². The quantitative estimate of drug-likeness (QED) is 0.811. The number of halogens is 1. The van der Waals surface area contributed by atoms with E-state index in [0.717, 1.165) is 34.4 Å². The molecule has 0 aliphatic heterocycles. The number of rotatable bonds is 5. The van der Waals surface area contributed by atoms with Crippen LogP contribution in [0.3, 0.4) is 0 Å². The molecule has 0 saturated heterocycles. The van der Waals surface area contributed by atoms with E-state index in [0.29, 0.717) is 0 Å². The Balaban J connectivity index is 3.20. The Hall–Kier alpha value is -0.700. The van der Waals surface area contributed by atoms with Crippen molar-refractivity contribution in [3.05, 3.63) is 21.7 Å². The number of hydrogen-bond donors (Lipinski definition) is 0. The number of hydrogen-bond acceptors (Lipinski definition) is 2. The molecule has 0 aromatic heterocycles. The molecule has 0 saturated carbocycles. The van der Waals surface area contributed by atoms with Gasteiger partial charge < -0.3 is 9.47 Å². The molecule has 0 unspecified atom stereocenters. The second-order valence-electron chi connectivity index (χ2n) is 3.81. The van der Waals surface area contributed by atoms with Gasteiger partial charge in [0.25, 0.3) is 0 Å². The zero-order chi connectivity index (χ0) is 12.1. The number of aryl methyl sites for hydroxylation is 1. The molecule has 0 N–H and O–H groups in total. The van der Waals surface area contributed by atoms with Crippen LogP contribution in [0.2, 0.25) is 0 Å². The van der Waals surface area contributed by atoms with Crippen LogP contribution in [0.5, 0.6) is 11.5 Å². The lowest BCUT2D eigenvalue weighted by Gasteiger charge is -2.16. The predicted octanol–water partition coefficient (Wildman–Crippen LogP) is 4.12. The molecular formula is C13H19BrO2. The monoisotopic (exact) mass is 286 g/mol. The van der Waals surface area contributed by atoms with E-state index in [-0.39, 0.29) is 0 Å². The highest BCUT2D eigenvalue weighted by atomic mass is 79.9. The smallest absolute Gasteiger partial charge is 0.165 e. The Morgan fingerprint density at radius 1 is 1.19 bits per heavy atom. The lowest BCUT2D eigenvalue weighted by Crippen LogP contribution is -1.99. The predicted molar refractivity (Wildman–Crippen MR) is 70.6 cm³/mol. The van der Waals surface area contributed by atoms with Crippen molar-refractivity contribution < 1.29 is 9.47 Å². The summed E-state index contributed by atoms with van der Waals surface area (Å²) in [7, 11) is 3.38. The van der Waals surface area contributed by atoms with Gasteiger partial charge in [0.1, 0.15) is 0 Å². The molecule has 0 heterocycles. The van der Waals surface area contributed by atoms with Crippen LogP contribution < -0.4 is 9.47 Å². The van der Waals surface area contributed by atoms with Crippen LogP contribution in [-0.4, -0.2) is 14.2 Å². The maximum absolute atomic E-state index is 5.45. The van der Waals surface area contributed by atoms with Crippen molar-refractivity contribution in [2.24, 2.45) is 0 Å². The summed E-state index contributed by atoms with van der Waals surface area (Å²) in [6.45, 7) is 4.21. The molecule has 0 radical (unpaired) electrons. The van der Waals surface area contributed by atoms with Gasteiger partial charge in [-0.1, -0.05) is 29.3 Å². The van der Waals surface area contributed by atoms with Crippen molar-refractivity contribution in [3.63, 3.8) is 0 Å². The van der Waals surface area contributed by atoms with Crippen LogP contribution in [0.25, 0.3) is 0 Å². The lowest BCUT2D eigenvalue weighted by atomic mass is 10.0. The Morgan fingerprint density at radius 2 is 1.81 bits per heavy atom. The van der Waals surface area contributed by atoms with E-state index >= 15 is 0 Å². The first-order valence-electron chi connectivity index (χ1n) is 5.55. The highest BCUT2D eigenvalue weighted by Crippen LogP contribution is 2.39. The molecule has 0 spiro atoms. The molecule has 0 aliphatic rings. The van der Waals surface area contributed by atoms with E-state index in [9.17, 15) is 0 Å². The van der Waals surface area contributed by atoms with Crippen molar-refractivity contribution >= 4 is 15.9 Å². The van der Waals surface area contributed by atoms with Gasteiger partial charge >= 0.3 is 0 Å². The van der Waals surface area contributed by atoms with Crippen LogP contribution in [0.1, 0.15) is 30.9 Å². The normalized spacial score (nSPS) is 10.3. The third-order valence-corrected chi connectivity index (χ3v) is 3.53. The Kier molecular flexibility index (Phi) is 5.13. The summed E-state index contributed by atoms with van der Waals surface area (Å²) >= 11 is 3.56. The zero-order valence-corrected chi connectivity index (χ0v) is 12.0. The average molecular weight is 287 g/mol. The summed E-state index contributed by atoms with van der Waals surface area (Å²) in [5, 5.41) is 0. The summed E-state index contributed by atoms with van der Waals surface area (Å²) < 4.78 is 11.9. The van der Waals surface area contributed by atoms with Crippen molar-refractivity contribution in [3.8, 4) is 11.5 Å². The Morgan fingerprint density at radius 3 is 2.31 bits per heavy atom. The third kappa shape index (κ3) is 2.70. The van der Waals surface area contributed by atoms with E-state index in [1.165, 1.54) is 12.0 Å². The molecule has 1 aromatic carbocycles. The zero-order valence-electron chi connectivity index (χ0n) is 10.4. The molecule has 0 amide bonds. The Bertz CT molecular complexity index is 361. The van der Waals surface area contributed by atoms with Gasteiger partial charge in [-0.15, -0.1) is 0 Å². The number of ether oxygens (including phenoxy) is 2. The molecule has 1 aromatic rings. The van der Waals surface area contributed by atoms with Crippen LogP contribution in [0.4, 0.5) is 0 Å². The molecule has 0 bridgehead atoms. The second-order valence-corrected chi connectivity index (χ2v) is 4.67. The van der Waals surface area contributed by atoms with Crippen LogP contribution in [0.15, 0.2) is 10.5 Å². The third-order valence-electron chi connectivity index (χ3n) is 2.71. The standard InChI is InChI=1S/C13H19BrO2/c1-5-6-7-10-8-11(14)9(2)12(15-3)13(10)16-4/h8H,5-7H2,1-4H3. The van der Waals surface area contributed by atoms with Gasteiger partial charge in [-0.05, 0) is 31.4 Å². The molecule has 16 heavy (non-hydrogen) atoms. The van der Waals surface area contributed by atoms with Crippen molar-refractivity contribution in [1.29, 1.82) is 0 Å². The summed E-state index contributed by atoms with van der Waals surface area (Å²) in [6, 6.07) is 2.13. The first-order chi connectivity index (χ1) is 7.65. The number of methoxy groups -OCH3 is 2. The molecule has 2 nitrogen and oxygen atoms in total. The van der Waals surface area contributed by atoms with Gasteiger partial charge in [0.2, 0.25) is 0 Å². The first-order valence-corrected chi connectivity index (χ1v) is 6.34. The van der Waals surface area contributed by atoms with Gasteiger partial charge in [0.05, 0.1) is 14.2 Å². The average Bonchev–Trinajstić information content (AvgIpc) is 2.29. The summed E-state index contributed by atoms with van der Waals surface area (Å²) in [5.74, 6) is 1.71. The van der Waals surface area contributed by atoms with Gasteiger partial charge in [0, 0.05) is 10.0 Å². The van der Waals surface area contributed by atoms with E-state index in [1.54, 1.807) is 14.2 Å². The van der Waals surface area contributed by atoms with Crippen molar-refractivity contribution in [2.45, 2.75) is 33.1 Å². The molecule has 0 aliphatic carbocycles. The fourth-order valence-corrected chi connectivity index (χ4v) is 2.23. The fraction of sp³-hybridized carbons (Fsp3) is 0.538. The molecule has 3 heteroatoms. The maximum atomic E-state index is 5.45. The SMILES string of the molecule is CCCCc1cc(Br)c(C)c(OC)c1OC. The van der Waals surface area contributed by atoms with Crippen LogP contribution in [-0.2, 0) is 6.42 Å².